The lowest BCUT2D eigenvalue weighted by Gasteiger charge is -1.99. The van der Waals surface area contributed by atoms with E-state index in [1.54, 1.807) is 7.05 Å². The quantitative estimate of drug-likeness (QED) is 0.671. The van der Waals surface area contributed by atoms with Gasteiger partial charge in [-0.1, -0.05) is 16.9 Å². The van der Waals surface area contributed by atoms with Crippen molar-refractivity contribution >= 4 is 35.0 Å². The summed E-state index contributed by atoms with van der Waals surface area (Å²) in [5.74, 6) is 0.101. The van der Waals surface area contributed by atoms with Crippen LogP contribution < -0.4 is 5.32 Å². The molecule has 1 N–H and O–H groups in total. The van der Waals surface area contributed by atoms with Crippen molar-refractivity contribution in [2.45, 2.75) is 12.1 Å². The van der Waals surface area contributed by atoms with Crippen molar-refractivity contribution < 1.29 is 9.21 Å². The molecule has 0 saturated heterocycles. The number of nitrogens with one attached hydrogen (secondary N) is 1. The van der Waals surface area contributed by atoms with Gasteiger partial charge in [-0.15, -0.1) is 21.5 Å². The number of aryl methyl sites for hydroxylation is 2. The summed E-state index contributed by atoms with van der Waals surface area (Å²) in [7, 11) is 1.69. The van der Waals surface area contributed by atoms with Gasteiger partial charge < -0.3 is 4.42 Å². The molecule has 0 unspecified atom stereocenters. The van der Waals surface area contributed by atoms with Crippen LogP contribution >= 0.6 is 23.1 Å². The topological polar surface area (TPSA) is 125 Å². The Labute approximate surface area is 132 Å². The lowest BCUT2D eigenvalue weighted by molar-refractivity contribution is -0.113. The van der Waals surface area contributed by atoms with E-state index in [0.717, 1.165) is 5.01 Å². The molecule has 3 aromatic rings. The van der Waals surface area contributed by atoms with Gasteiger partial charge in [-0.25, -0.2) is 9.67 Å². The predicted molar refractivity (Wildman–Crippen MR) is 78.3 cm³/mol. The first-order valence-corrected chi connectivity index (χ1v) is 7.89. The highest BCUT2D eigenvalue weighted by Crippen LogP contribution is 2.21. The van der Waals surface area contributed by atoms with Crippen LogP contribution in [0.4, 0.5) is 6.01 Å². The minimum atomic E-state index is -0.294. The van der Waals surface area contributed by atoms with Gasteiger partial charge in [-0.05, 0) is 17.4 Å². The number of nitrogens with zero attached hydrogens (tertiary/aromatic N) is 7. The summed E-state index contributed by atoms with van der Waals surface area (Å²) in [6.07, 6.45) is 0. The van der Waals surface area contributed by atoms with Crippen LogP contribution in [0, 0.1) is 6.92 Å². The molecule has 114 valence electrons. The lowest BCUT2D eigenvalue weighted by Crippen LogP contribution is -2.14. The Morgan fingerprint density at radius 1 is 1.45 bits per heavy atom. The van der Waals surface area contributed by atoms with Gasteiger partial charge in [0.05, 0.1) is 10.8 Å². The van der Waals surface area contributed by atoms with Crippen molar-refractivity contribution in [3.63, 3.8) is 0 Å². The van der Waals surface area contributed by atoms with Crippen LogP contribution in [0.15, 0.2) is 15.0 Å². The number of carbonyl (C=O) groups is 1. The van der Waals surface area contributed by atoms with E-state index >= 15 is 0 Å². The monoisotopic (exact) mass is 338 g/mol. The van der Waals surface area contributed by atoms with E-state index in [1.165, 1.54) is 27.8 Å². The summed E-state index contributed by atoms with van der Waals surface area (Å²) in [4.78, 5) is 16.1. The second kappa shape index (κ2) is 6.19. The Hall–Kier alpha value is -2.34. The maximum Gasteiger partial charge on any atom is 0.322 e. The van der Waals surface area contributed by atoms with Crippen LogP contribution in [-0.4, -0.2) is 47.0 Å². The number of amides is 1. The molecule has 0 spiro atoms. The molecule has 3 aromatic heterocycles. The molecule has 3 rings (SSSR count). The van der Waals surface area contributed by atoms with Crippen molar-refractivity contribution in [1.82, 2.24) is 35.4 Å². The van der Waals surface area contributed by atoms with E-state index in [4.69, 9.17) is 4.42 Å². The minimum absolute atomic E-state index is 0.0299. The van der Waals surface area contributed by atoms with Crippen LogP contribution in [0.3, 0.4) is 0 Å². The van der Waals surface area contributed by atoms with E-state index in [2.05, 4.69) is 36.0 Å². The first-order valence-electron chi connectivity index (χ1n) is 6.03. The molecule has 0 aliphatic heterocycles. The summed E-state index contributed by atoms with van der Waals surface area (Å²) < 4.78 is 6.83. The van der Waals surface area contributed by atoms with Crippen molar-refractivity contribution in [1.29, 1.82) is 0 Å². The maximum atomic E-state index is 11.8. The second-order valence-electron chi connectivity index (χ2n) is 4.09. The number of thioether (sulfide) groups is 1. The normalized spacial score (nSPS) is 10.8. The number of hydrogen-bond acceptors (Lipinski definition) is 10. The molecule has 3 heterocycles. The molecule has 0 bridgehead atoms. The Kier molecular flexibility index (Phi) is 4.11. The molecule has 0 aromatic carbocycles. The zero-order valence-corrected chi connectivity index (χ0v) is 13.2. The largest absolute Gasteiger partial charge is 0.401 e. The SMILES string of the molecule is Cc1nc(-c2nnc(NC(=O)CSc3nnnn3C)o2)cs1. The highest BCUT2D eigenvalue weighted by Gasteiger charge is 2.14. The van der Waals surface area contributed by atoms with Crippen LogP contribution in [0.2, 0.25) is 0 Å². The molecule has 0 saturated carbocycles. The third-order valence-electron chi connectivity index (χ3n) is 2.42. The Morgan fingerprint density at radius 2 is 2.32 bits per heavy atom. The van der Waals surface area contributed by atoms with E-state index in [9.17, 15) is 4.79 Å². The van der Waals surface area contributed by atoms with Gasteiger partial charge >= 0.3 is 6.01 Å². The summed E-state index contributed by atoms with van der Waals surface area (Å²) in [6, 6.07) is 0.0299. The van der Waals surface area contributed by atoms with Gasteiger partial charge in [0, 0.05) is 12.4 Å². The molecular formula is C10H10N8O2S2. The summed E-state index contributed by atoms with van der Waals surface area (Å²) in [5, 5.41) is 24.3. The Balaban J connectivity index is 1.58. The van der Waals surface area contributed by atoms with Gasteiger partial charge in [0.2, 0.25) is 11.1 Å². The lowest BCUT2D eigenvalue weighted by atomic mass is 10.5. The molecule has 10 nitrogen and oxygen atoms in total. The van der Waals surface area contributed by atoms with Gasteiger partial charge in [0.15, 0.2) is 0 Å². The molecule has 0 aliphatic rings. The fourth-order valence-corrected chi connectivity index (χ4v) is 2.70. The number of aromatic nitrogens is 7. The molecule has 0 radical (unpaired) electrons. The van der Waals surface area contributed by atoms with Crippen LogP contribution in [0.1, 0.15) is 5.01 Å². The number of anilines is 1. The van der Waals surface area contributed by atoms with Gasteiger partial charge in [0.1, 0.15) is 5.69 Å². The number of carbonyl (C=O) groups excluding carboxylic acids is 1. The molecule has 0 fully saturated rings. The number of hydrogen-bond donors (Lipinski definition) is 1. The molecule has 1 amide bonds. The predicted octanol–water partition coefficient (Wildman–Crippen LogP) is 0.756. The molecule has 22 heavy (non-hydrogen) atoms. The third-order valence-corrected chi connectivity index (χ3v) is 4.21. The fourth-order valence-electron chi connectivity index (χ4n) is 1.47. The number of rotatable bonds is 5. The average molecular weight is 338 g/mol. The number of thiazole rings is 1. The molecule has 0 aliphatic carbocycles. The fraction of sp³-hybridized carbons (Fsp3) is 0.300. The second-order valence-corrected chi connectivity index (χ2v) is 6.09. The smallest absolute Gasteiger partial charge is 0.322 e. The first kappa shape index (κ1) is 14.6. The van der Waals surface area contributed by atoms with Crippen LogP contribution in [0.25, 0.3) is 11.6 Å². The zero-order valence-electron chi connectivity index (χ0n) is 11.5. The number of tetrazole rings is 1. The van der Waals surface area contributed by atoms with Gasteiger partial charge in [0.25, 0.3) is 5.89 Å². The maximum absolute atomic E-state index is 11.8. The summed E-state index contributed by atoms with van der Waals surface area (Å²) >= 11 is 2.68. The van der Waals surface area contributed by atoms with Gasteiger partial charge in [-0.2, -0.15) is 0 Å². The average Bonchev–Trinajstić information content (AvgIpc) is 3.18. The van der Waals surface area contributed by atoms with Crippen molar-refractivity contribution in [3.05, 3.63) is 10.4 Å². The molecular weight excluding hydrogens is 328 g/mol. The van der Waals surface area contributed by atoms with Crippen molar-refractivity contribution in [2.24, 2.45) is 7.05 Å². The van der Waals surface area contributed by atoms with Gasteiger partial charge in [-0.3, -0.25) is 10.1 Å². The Morgan fingerprint density at radius 3 is 3.00 bits per heavy atom. The standard InChI is InChI=1S/C10H10N8O2S2/c1-5-11-6(3-21-5)8-13-14-9(20-8)12-7(19)4-22-10-15-16-17-18(10)2/h3H,4H2,1-2H3,(H,12,14,19). The summed E-state index contributed by atoms with van der Waals surface area (Å²) in [6.45, 7) is 1.88. The van der Waals surface area contributed by atoms with E-state index in [1.807, 2.05) is 12.3 Å². The van der Waals surface area contributed by atoms with Crippen LogP contribution in [0.5, 0.6) is 0 Å². The Bertz CT molecular complexity index is 794. The van der Waals surface area contributed by atoms with Crippen LogP contribution in [-0.2, 0) is 11.8 Å². The molecule has 0 atom stereocenters. The third kappa shape index (κ3) is 3.28. The van der Waals surface area contributed by atoms with E-state index < -0.39 is 0 Å². The zero-order chi connectivity index (χ0) is 15.5. The highest BCUT2D eigenvalue weighted by atomic mass is 32.2. The highest BCUT2D eigenvalue weighted by molar-refractivity contribution is 7.99. The van der Waals surface area contributed by atoms with E-state index in [0.29, 0.717) is 10.9 Å². The van der Waals surface area contributed by atoms with Crippen molar-refractivity contribution in [3.8, 4) is 11.6 Å². The molecule has 12 heteroatoms. The summed E-state index contributed by atoms with van der Waals surface area (Å²) in [5.41, 5.74) is 0.593. The van der Waals surface area contributed by atoms with Crippen molar-refractivity contribution in [2.75, 3.05) is 11.1 Å². The minimum Gasteiger partial charge on any atom is -0.401 e. The first-order chi connectivity index (χ1) is 10.6. The van der Waals surface area contributed by atoms with E-state index in [-0.39, 0.29) is 23.6 Å².